The van der Waals surface area contributed by atoms with Crippen LogP contribution in [0.4, 0.5) is 23.7 Å². The van der Waals surface area contributed by atoms with Crippen molar-refractivity contribution in [1.82, 2.24) is 5.32 Å². The number of carbonyl (C=O) groups excluding carboxylic acids is 1. The van der Waals surface area contributed by atoms with Gasteiger partial charge >= 0.3 is 12.2 Å². The molecule has 0 aliphatic carbocycles. The molecule has 4 nitrogen and oxygen atoms in total. The van der Waals surface area contributed by atoms with Gasteiger partial charge in [-0.1, -0.05) is 42.5 Å². The van der Waals surface area contributed by atoms with Crippen molar-refractivity contribution in [3.63, 3.8) is 0 Å². The summed E-state index contributed by atoms with van der Waals surface area (Å²) in [7, 11) is 0. The lowest BCUT2D eigenvalue weighted by molar-refractivity contribution is -0.152. The number of carbonyl (C=O) groups is 1. The first kappa shape index (κ1) is 21.8. The van der Waals surface area contributed by atoms with Gasteiger partial charge < -0.3 is 15.4 Å². The molecule has 0 unspecified atom stereocenters. The number of nitrogens with one attached hydrogen (secondary N) is 2. The number of benzene rings is 2. The van der Waals surface area contributed by atoms with E-state index in [2.05, 4.69) is 5.32 Å². The maximum atomic E-state index is 13.4. The Morgan fingerprint density at radius 1 is 1.07 bits per heavy atom. The zero-order valence-corrected chi connectivity index (χ0v) is 16.1. The molecule has 0 aromatic heterocycles. The number of hydrogen-bond donors (Lipinski definition) is 2. The average Bonchev–Trinajstić information content (AvgIpc) is 2.62. The molecule has 2 aromatic rings. The van der Waals surface area contributed by atoms with Gasteiger partial charge in [0.15, 0.2) is 0 Å². The van der Waals surface area contributed by atoms with E-state index in [-0.39, 0.29) is 12.5 Å². The van der Waals surface area contributed by atoms with Crippen molar-refractivity contribution in [2.24, 2.45) is 0 Å². The smallest absolute Gasteiger partial charge is 0.374 e. The highest BCUT2D eigenvalue weighted by Gasteiger charge is 2.40. The van der Waals surface area contributed by atoms with Crippen molar-refractivity contribution in [2.75, 3.05) is 5.32 Å². The topological polar surface area (TPSA) is 50.4 Å². The fraction of sp³-hybridized carbons (Fsp3) is 0.381. The summed E-state index contributed by atoms with van der Waals surface area (Å²) in [5, 5.41) is 4.57. The van der Waals surface area contributed by atoms with E-state index in [0.717, 1.165) is 11.1 Å². The predicted octanol–water partition coefficient (Wildman–Crippen LogP) is 5.22. The summed E-state index contributed by atoms with van der Waals surface area (Å²) >= 11 is 0. The van der Waals surface area contributed by atoms with Crippen LogP contribution in [0.25, 0.3) is 0 Å². The normalized spacial score (nSPS) is 12.7. The average molecular weight is 394 g/mol. The molecule has 0 bridgehead atoms. The Hall–Kier alpha value is -2.54. The van der Waals surface area contributed by atoms with Crippen molar-refractivity contribution in [3.05, 3.63) is 65.2 Å². The first-order valence-corrected chi connectivity index (χ1v) is 9.05. The third-order valence-electron chi connectivity index (χ3n) is 4.25. The second-order valence-electron chi connectivity index (χ2n) is 6.83. The van der Waals surface area contributed by atoms with Crippen LogP contribution in [0.1, 0.15) is 30.5 Å². The molecular weight excluding hydrogens is 369 g/mol. The largest absolute Gasteiger partial charge is 0.408 e. The number of anilines is 1. The fourth-order valence-electron chi connectivity index (χ4n) is 2.65. The molecule has 0 radical (unpaired) electrons. The highest BCUT2D eigenvalue weighted by Crippen LogP contribution is 2.24. The zero-order valence-electron chi connectivity index (χ0n) is 16.1. The minimum absolute atomic E-state index is 0.0462. The summed E-state index contributed by atoms with van der Waals surface area (Å²) in [5.74, 6) is 0. The van der Waals surface area contributed by atoms with Crippen LogP contribution in [0, 0.1) is 6.92 Å². The van der Waals surface area contributed by atoms with Crippen molar-refractivity contribution < 1.29 is 22.7 Å². The van der Waals surface area contributed by atoms with Gasteiger partial charge in [-0.05, 0) is 43.5 Å². The minimum Gasteiger partial charge on any atom is -0.374 e. The van der Waals surface area contributed by atoms with Gasteiger partial charge in [0.2, 0.25) is 0 Å². The van der Waals surface area contributed by atoms with Gasteiger partial charge in [0.05, 0.1) is 12.7 Å². The molecule has 7 heteroatoms. The highest BCUT2D eigenvalue weighted by molar-refractivity contribution is 5.90. The lowest BCUT2D eigenvalue weighted by Gasteiger charge is -2.22. The Bertz CT molecular complexity index is 777. The second kappa shape index (κ2) is 9.59. The number of rotatable bonds is 7. The van der Waals surface area contributed by atoms with Crippen LogP contribution in [0.5, 0.6) is 0 Å². The molecule has 1 atom stereocenters. The Morgan fingerprint density at radius 2 is 1.75 bits per heavy atom. The summed E-state index contributed by atoms with van der Waals surface area (Å²) in [4.78, 5) is 12.2. The molecular formula is C21H25F3N2O2. The van der Waals surface area contributed by atoms with Crippen molar-refractivity contribution in [1.29, 1.82) is 0 Å². The van der Waals surface area contributed by atoms with Gasteiger partial charge in [0.25, 0.3) is 0 Å². The van der Waals surface area contributed by atoms with Gasteiger partial charge in [-0.25, -0.2) is 4.79 Å². The van der Waals surface area contributed by atoms with E-state index >= 15 is 0 Å². The van der Waals surface area contributed by atoms with Crippen LogP contribution in [0.15, 0.2) is 48.5 Å². The standard InChI is InChI=1S/C21H25F3N2O2/c1-14(2)28-13-17-10-7-11-18(15(17)3)25-20(27)26-19(21(22,23)24)12-16-8-5-4-6-9-16/h4-11,14,19H,12-13H2,1-3H3,(H2,25,26,27)/t19-/m1/s1. The van der Waals surface area contributed by atoms with Gasteiger partial charge in [0, 0.05) is 12.1 Å². The molecule has 0 aliphatic rings. The summed E-state index contributed by atoms with van der Waals surface area (Å²) in [6, 6.07) is 10.6. The molecule has 0 heterocycles. The van der Waals surface area contributed by atoms with Crippen LogP contribution >= 0.6 is 0 Å². The van der Waals surface area contributed by atoms with Crippen molar-refractivity contribution >= 4 is 11.7 Å². The summed E-state index contributed by atoms with van der Waals surface area (Å²) < 4.78 is 45.7. The molecule has 2 N–H and O–H groups in total. The molecule has 0 saturated carbocycles. The molecule has 28 heavy (non-hydrogen) atoms. The molecule has 152 valence electrons. The van der Waals surface area contributed by atoms with Crippen LogP contribution in [-0.4, -0.2) is 24.4 Å². The SMILES string of the molecule is Cc1c(COC(C)C)cccc1NC(=O)N[C@H](Cc1ccccc1)C(F)(F)F. The van der Waals surface area contributed by atoms with E-state index in [4.69, 9.17) is 4.74 Å². The van der Waals surface area contributed by atoms with E-state index in [1.807, 2.05) is 25.2 Å². The first-order chi connectivity index (χ1) is 13.2. The quantitative estimate of drug-likeness (QED) is 0.677. The van der Waals surface area contributed by atoms with Crippen LogP contribution in [-0.2, 0) is 17.8 Å². The van der Waals surface area contributed by atoms with Crippen molar-refractivity contribution in [2.45, 2.75) is 52.1 Å². The van der Waals surface area contributed by atoms with E-state index < -0.39 is 18.2 Å². The second-order valence-corrected chi connectivity index (χ2v) is 6.83. The molecule has 2 rings (SSSR count). The molecule has 2 amide bonds. The predicted molar refractivity (Wildman–Crippen MR) is 103 cm³/mol. The molecule has 0 saturated heterocycles. The molecule has 0 aliphatic heterocycles. The van der Waals surface area contributed by atoms with E-state index in [1.165, 1.54) is 0 Å². The van der Waals surface area contributed by atoms with Crippen LogP contribution in [0.3, 0.4) is 0 Å². The number of ether oxygens (including phenoxy) is 1. The number of halogens is 3. The number of alkyl halides is 3. The molecule has 2 aromatic carbocycles. The number of urea groups is 1. The van der Waals surface area contributed by atoms with Crippen LogP contribution in [0.2, 0.25) is 0 Å². The Morgan fingerprint density at radius 3 is 2.36 bits per heavy atom. The number of hydrogen-bond acceptors (Lipinski definition) is 2. The van der Waals surface area contributed by atoms with Gasteiger partial charge in [0.1, 0.15) is 6.04 Å². The number of amides is 2. The van der Waals surface area contributed by atoms with E-state index in [9.17, 15) is 18.0 Å². The fourth-order valence-corrected chi connectivity index (χ4v) is 2.65. The third-order valence-corrected chi connectivity index (χ3v) is 4.25. The van der Waals surface area contributed by atoms with Gasteiger partial charge in [-0.3, -0.25) is 0 Å². The maximum Gasteiger partial charge on any atom is 0.408 e. The van der Waals surface area contributed by atoms with Crippen LogP contribution < -0.4 is 10.6 Å². The highest BCUT2D eigenvalue weighted by atomic mass is 19.4. The van der Waals surface area contributed by atoms with Gasteiger partial charge in [-0.15, -0.1) is 0 Å². The lowest BCUT2D eigenvalue weighted by atomic mass is 10.1. The lowest BCUT2D eigenvalue weighted by Crippen LogP contribution is -2.48. The Labute approximate surface area is 163 Å². The Kier molecular flexibility index (Phi) is 7.45. The monoisotopic (exact) mass is 394 g/mol. The third kappa shape index (κ3) is 6.56. The summed E-state index contributed by atoms with van der Waals surface area (Å²) in [6.07, 6.45) is -4.85. The van der Waals surface area contributed by atoms with E-state index in [1.54, 1.807) is 49.4 Å². The zero-order chi connectivity index (χ0) is 20.7. The summed E-state index contributed by atoms with van der Waals surface area (Å²) in [6.45, 7) is 5.98. The van der Waals surface area contributed by atoms with Crippen molar-refractivity contribution in [3.8, 4) is 0 Å². The Balaban J connectivity index is 2.07. The first-order valence-electron chi connectivity index (χ1n) is 9.05. The van der Waals surface area contributed by atoms with E-state index in [0.29, 0.717) is 17.9 Å². The maximum absolute atomic E-state index is 13.4. The molecule has 0 fully saturated rings. The summed E-state index contributed by atoms with van der Waals surface area (Å²) in [5.41, 5.74) is 2.56. The molecule has 0 spiro atoms. The van der Waals surface area contributed by atoms with Gasteiger partial charge in [-0.2, -0.15) is 13.2 Å². The minimum atomic E-state index is -4.56.